The lowest BCUT2D eigenvalue weighted by atomic mass is 9.89. The van der Waals surface area contributed by atoms with E-state index >= 15 is 0 Å². The molecule has 5 heteroatoms. The van der Waals surface area contributed by atoms with Gasteiger partial charge in [0.2, 0.25) is 5.91 Å². The van der Waals surface area contributed by atoms with Crippen molar-refractivity contribution in [1.82, 2.24) is 20.2 Å². The number of hydrogen-bond donors (Lipinski definition) is 1. The van der Waals surface area contributed by atoms with E-state index in [1.165, 1.54) is 5.56 Å². The van der Waals surface area contributed by atoms with Crippen LogP contribution in [0.25, 0.3) is 0 Å². The van der Waals surface area contributed by atoms with E-state index in [0.717, 1.165) is 31.6 Å². The Bertz CT molecular complexity index is 654. The van der Waals surface area contributed by atoms with Crippen LogP contribution in [0.5, 0.6) is 0 Å². The first kappa shape index (κ1) is 17.5. The van der Waals surface area contributed by atoms with E-state index in [1.54, 1.807) is 18.6 Å². The lowest BCUT2D eigenvalue weighted by Crippen LogP contribution is -2.44. The van der Waals surface area contributed by atoms with E-state index in [1.807, 2.05) is 6.92 Å². The summed E-state index contributed by atoms with van der Waals surface area (Å²) in [7, 11) is 0. The average molecular weight is 338 g/mol. The quantitative estimate of drug-likeness (QED) is 0.879. The van der Waals surface area contributed by atoms with Crippen LogP contribution in [0.3, 0.4) is 0 Å². The molecule has 1 aromatic heterocycles. The Balaban J connectivity index is 1.40. The van der Waals surface area contributed by atoms with Crippen molar-refractivity contribution in [2.75, 3.05) is 19.6 Å². The van der Waals surface area contributed by atoms with Crippen molar-refractivity contribution in [3.63, 3.8) is 0 Å². The molecule has 132 valence electrons. The first-order valence-electron chi connectivity index (χ1n) is 9.02. The van der Waals surface area contributed by atoms with Crippen LogP contribution in [0.15, 0.2) is 48.9 Å². The Morgan fingerprint density at radius 1 is 1.24 bits per heavy atom. The van der Waals surface area contributed by atoms with Crippen molar-refractivity contribution in [3.05, 3.63) is 60.2 Å². The normalized spacial score (nSPS) is 17.2. The van der Waals surface area contributed by atoms with Gasteiger partial charge < -0.3 is 5.32 Å². The highest BCUT2D eigenvalue weighted by atomic mass is 16.2. The Kier molecular flexibility index (Phi) is 6.12. The molecule has 2 aromatic rings. The maximum atomic E-state index is 12.3. The second kappa shape index (κ2) is 8.72. The van der Waals surface area contributed by atoms with Crippen molar-refractivity contribution in [2.24, 2.45) is 0 Å². The van der Waals surface area contributed by atoms with E-state index in [-0.39, 0.29) is 11.9 Å². The minimum absolute atomic E-state index is 0.0612. The third-order valence-corrected chi connectivity index (χ3v) is 4.77. The fourth-order valence-corrected chi connectivity index (χ4v) is 3.47. The molecule has 0 radical (unpaired) electrons. The maximum Gasteiger partial charge on any atom is 0.234 e. The maximum absolute atomic E-state index is 12.3. The molecule has 3 rings (SSSR count). The predicted molar refractivity (Wildman–Crippen MR) is 98.2 cm³/mol. The van der Waals surface area contributed by atoms with Gasteiger partial charge in [-0.25, -0.2) is 0 Å². The molecule has 1 saturated heterocycles. The van der Waals surface area contributed by atoms with Crippen LogP contribution >= 0.6 is 0 Å². The van der Waals surface area contributed by atoms with Gasteiger partial charge in [0.25, 0.3) is 0 Å². The summed E-state index contributed by atoms with van der Waals surface area (Å²) >= 11 is 0. The van der Waals surface area contributed by atoms with Gasteiger partial charge >= 0.3 is 0 Å². The van der Waals surface area contributed by atoms with Crippen LogP contribution in [0.4, 0.5) is 0 Å². The highest BCUT2D eigenvalue weighted by Crippen LogP contribution is 2.27. The van der Waals surface area contributed by atoms with E-state index in [9.17, 15) is 4.79 Å². The van der Waals surface area contributed by atoms with Gasteiger partial charge in [-0.1, -0.05) is 30.3 Å². The zero-order valence-electron chi connectivity index (χ0n) is 14.8. The lowest BCUT2D eigenvalue weighted by Gasteiger charge is -2.32. The fraction of sp³-hybridized carbons (Fsp3) is 0.450. The van der Waals surface area contributed by atoms with Gasteiger partial charge in [-0.3, -0.25) is 19.7 Å². The number of nitrogens with zero attached hydrogens (tertiary/aromatic N) is 3. The third kappa shape index (κ3) is 5.36. The van der Waals surface area contributed by atoms with Crippen molar-refractivity contribution >= 4 is 5.91 Å². The standard InChI is InChI=1S/C20H26N4O/c1-16(13-19-14-21-9-10-22-19)23-20(25)15-24-11-7-18(8-12-24)17-5-3-2-4-6-17/h2-6,9-10,14,16,18H,7-8,11-13,15H2,1H3,(H,23,25). The van der Waals surface area contributed by atoms with E-state index in [0.29, 0.717) is 18.9 Å². The summed E-state index contributed by atoms with van der Waals surface area (Å²) in [6, 6.07) is 10.8. The molecule has 1 atom stereocenters. The molecule has 1 aliphatic rings. The minimum Gasteiger partial charge on any atom is -0.352 e. The van der Waals surface area contributed by atoms with Gasteiger partial charge in [0.15, 0.2) is 0 Å². The number of hydrogen-bond acceptors (Lipinski definition) is 4. The van der Waals surface area contributed by atoms with Crippen LogP contribution in [-0.4, -0.2) is 46.5 Å². The van der Waals surface area contributed by atoms with Crippen molar-refractivity contribution in [3.8, 4) is 0 Å². The molecule has 0 saturated carbocycles. The molecular formula is C20H26N4O. The largest absolute Gasteiger partial charge is 0.352 e. The Morgan fingerprint density at radius 3 is 2.68 bits per heavy atom. The van der Waals surface area contributed by atoms with E-state index < -0.39 is 0 Å². The molecule has 1 aliphatic heterocycles. The number of nitrogens with one attached hydrogen (secondary N) is 1. The Labute approximate surface area is 149 Å². The number of carbonyl (C=O) groups is 1. The summed E-state index contributed by atoms with van der Waals surface area (Å²) in [6.45, 7) is 4.44. The topological polar surface area (TPSA) is 58.1 Å². The zero-order valence-corrected chi connectivity index (χ0v) is 14.8. The molecule has 0 spiro atoms. The molecule has 0 bridgehead atoms. The molecule has 5 nitrogen and oxygen atoms in total. The van der Waals surface area contributed by atoms with Gasteiger partial charge in [0.05, 0.1) is 12.2 Å². The summed E-state index contributed by atoms with van der Waals surface area (Å²) in [5.41, 5.74) is 2.32. The fourth-order valence-electron chi connectivity index (χ4n) is 3.47. The summed E-state index contributed by atoms with van der Waals surface area (Å²) in [5.74, 6) is 0.714. The molecule has 2 heterocycles. The van der Waals surface area contributed by atoms with Gasteiger partial charge in [-0.15, -0.1) is 0 Å². The van der Waals surface area contributed by atoms with E-state index in [4.69, 9.17) is 0 Å². The number of aromatic nitrogens is 2. The molecule has 1 N–H and O–H groups in total. The molecule has 1 amide bonds. The Hall–Kier alpha value is -2.27. The zero-order chi connectivity index (χ0) is 17.5. The molecular weight excluding hydrogens is 312 g/mol. The highest BCUT2D eigenvalue weighted by molar-refractivity contribution is 5.78. The molecule has 0 aliphatic carbocycles. The SMILES string of the molecule is CC(Cc1cnccn1)NC(=O)CN1CCC(c2ccccc2)CC1. The van der Waals surface area contributed by atoms with Crippen LogP contribution in [0.1, 0.15) is 36.9 Å². The smallest absolute Gasteiger partial charge is 0.234 e. The number of piperidine rings is 1. The second-order valence-electron chi connectivity index (χ2n) is 6.83. The van der Waals surface area contributed by atoms with Gasteiger partial charge in [-0.2, -0.15) is 0 Å². The van der Waals surface area contributed by atoms with Gasteiger partial charge in [-0.05, 0) is 44.3 Å². The van der Waals surface area contributed by atoms with Crippen molar-refractivity contribution in [1.29, 1.82) is 0 Å². The second-order valence-corrected chi connectivity index (χ2v) is 6.83. The van der Waals surface area contributed by atoms with Crippen molar-refractivity contribution < 1.29 is 4.79 Å². The van der Waals surface area contributed by atoms with Gasteiger partial charge in [0.1, 0.15) is 0 Å². The van der Waals surface area contributed by atoms with Gasteiger partial charge in [0, 0.05) is 31.1 Å². The number of amides is 1. The molecule has 25 heavy (non-hydrogen) atoms. The van der Waals surface area contributed by atoms with Crippen LogP contribution in [0.2, 0.25) is 0 Å². The number of rotatable bonds is 6. The molecule has 1 aromatic carbocycles. The number of carbonyl (C=O) groups excluding carboxylic acids is 1. The van der Waals surface area contributed by atoms with Crippen LogP contribution < -0.4 is 5.32 Å². The average Bonchev–Trinajstić information content (AvgIpc) is 2.63. The number of benzene rings is 1. The summed E-state index contributed by atoms with van der Waals surface area (Å²) < 4.78 is 0. The summed E-state index contributed by atoms with van der Waals surface area (Å²) in [4.78, 5) is 22.8. The molecule has 1 unspecified atom stereocenters. The minimum atomic E-state index is 0.0612. The predicted octanol–water partition coefficient (Wildman–Crippen LogP) is 2.40. The third-order valence-electron chi connectivity index (χ3n) is 4.77. The van der Waals surface area contributed by atoms with Crippen LogP contribution in [0, 0.1) is 0 Å². The lowest BCUT2D eigenvalue weighted by molar-refractivity contribution is -0.123. The summed E-state index contributed by atoms with van der Waals surface area (Å²) in [6.07, 6.45) is 8.03. The molecule has 1 fully saturated rings. The summed E-state index contributed by atoms with van der Waals surface area (Å²) in [5, 5.41) is 3.07. The van der Waals surface area contributed by atoms with E-state index in [2.05, 4.69) is 50.5 Å². The highest BCUT2D eigenvalue weighted by Gasteiger charge is 2.22. The van der Waals surface area contributed by atoms with Crippen molar-refractivity contribution in [2.45, 2.75) is 38.1 Å². The first-order valence-corrected chi connectivity index (χ1v) is 9.02. The first-order chi connectivity index (χ1) is 12.2. The monoisotopic (exact) mass is 338 g/mol. The number of likely N-dealkylation sites (tertiary alicyclic amines) is 1. The van der Waals surface area contributed by atoms with Crippen LogP contribution in [-0.2, 0) is 11.2 Å². The Morgan fingerprint density at radius 2 is 2.00 bits per heavy atom.